The Morgan fingerprint density at radius 1 is 0.453 bits per heavy atom. The Balaban J connectivity index is 2.20. The quantitative estimate of drug-likeness (QED) is 0.0273. The fourth-order valence-electron chi connectivity index (χ4n) is 10.4. The minimum Gasteiger partial charge on any atom is -0.466 e. The Hall–Kier alpha value is -2.20. The lowest BCUT2D eigenvalue weighted by atomic mass is 9.78. The van der Waals surface area contributed by atoms with Crippen LogP contribution in [-0.2, 0) is 38.1 Å². The van der Waals surface area contributed by atoms with Gasteiger partial charge in [0.25, 0.3) is 0 Å². The minimum absolute atomic E-state index is 0.0902. The molecule has 2 unspecified atom stereocenters. The zero-order valence-electron chi connectivity index (χ0n) is 43.7. The molecule has 10 heteroatoms. The summed E-state index contributed by atoms with van der Waals surface area (Å²) < 4.78 is 24.1. The van der Waals surface area contributed by atoms with Crippen LogP contribution in [0.5, 0.6) is 0 Å². The van der Waals surface area contributed by atoms with E-state index in [0.29, 0.717) is 38.7 Å². The van der Waals surface area contributed by atoms with Gasteiger partial charge in [-0.15, -0.1) is 0 Å². The van der Waals surface area contributed by atoms with Crippen LogP contribution in [0.4, 0.5) is 0 Å². The molecule has 0 radical (unpaired) electrons. The molecule has 374 valence electrons. The Kier molecular flexibility index (Phi) is 26.7. The molecule has 0 amide bonds. The number of ether oxygens (including phenoxy) is 4. The molecule has 2 aliphatic rings. The van der Waals surface area contributed by atoms with E-state index in [2.05, 4.69) is 93.1 Å². The first kappa shape index (κ1) is 57.9. The number of piperidine rings is 2. The van der Waals surface area contributed by atoms with Crippen molar-refractivity contribution < 1.29 is 38.1 Å². The van der Waals surface area contributed by atoms with Crippen molar-refractivity contribution in [2.45, 2.75) is 283 Å². The average Bonchev–Trinajstić information content (AvgIpc) is 3.20. The van der Waals surface area contributed by atoms with Gasteiger partial charge in [0.15, 0.2) is 5.92 Å². The third-order valence-electron chi connectivity index (χ3n) is 15.0. The molecule has 0 saturated carbocycles. The van der Waals surface area contributed by atoms with Gasteiger partial charge in [-0.05, 0) is 88.7 Å². The van der Waals surface area contributed by atoms with Gasteiger partial charge >= 0.3 is 23.9 Å². The van der Waals surface area contributed by atoms with Crippen molar-refractivity contribution in [2.24, 2.45) is 11.8 Å². The van der Waals surface area contributed by atoms with Gasteiger partial charge in [0.1, 0.15) is 12.2 Å². The predicted octanol–water partition coefficient (Wildman–Crippen LogP) is 13.1. The van der Waals surface area contributed by atoms with Gasteiger partial charge in [0.05, 0.1) is 19.1 Å². The maximum absolute atomic E-state index is 14.6. The molecule has 64 heavy (non-hydrogen) atoms. The lowest BCUT2D eigenvalue weighted by molar-refractivity contribution is -0.183. The number of esters is 4. The van der Waals surface area contributed by atoms with Crippen LogP contribution in [0.2, 0.25) is 0 Å². The molecule has 2 rings (SSSR count). The molecule has 10 nitrogen and oxygen atoms in total. The highest BCUT2D eigenvalue weighted by atomic mass is 16.6. The highest BCUT2D eigenvalue weighted by molar-refractivity contribution is 5.99. The predicted molar refractivity (Wildman–Crippen MR) is 261 cm³/mol. The van der Waals surface area contributed by atoms with Crippen molar-refractivity contribution >= 4 is 23.9 Å². The van der Waals surface area contributed by atoms with E-state index in [1.165, 1.54) is 96.3 Å². The van der Waals surface area contributed by atoms with E-state index in [1.807, 2.05) is 0 Å². The number of nitrogens with zero attached hydrogens (tertiary/aromatic N) is 2. The first-order valence-corrected chi connectivity index (χ1v) is 26.4. The normalized spacial score (nSPS) is 19.8. The number of hydrogen-bond acceptors (Lipinski definition) is 10. The highest BCUT2D eigenvalue weighted by Gasteiger charge is 2.50. The van der Waals surface area contributed by atoms with Crippen LogP contribution in [0.15, 0.2) is 0 Å². The van der Waals surface area contributed by atoms with Crippen LogP contribution in [-0.4, -0.2) is 95.3 Å². The van der Waals surface area contributed by atoms with E-state index in [-0.39, 0.29) is 41.6 Å². The van der Waals surface area contributed by atoms with Gasteiger partial charge in [-0.3, -0.25) is 29.0 Å². The fraction of sp³-hybridized carbons (Fsp3) is 0.926. The molecule has 2 heterocycles. The summed E-state index contributed by atoms with van der Waals surface area (Å²) in [6.45, 7) is 22.0. The maximum atomic E-state index is 14.6. The van der Waals surface area contributed by atoms with E-state index in [9.17, 15) is 19.2 Å². The van der Waals surface area contributed by atoms with Gasteiger partial charge in [-0.2, -0.15) is 0 Å². The van der Waals surface area contributed by atoms with Crippen molar-refractivity contribution in [3.05, 3.63) is 0 Å². The zero-order valence-corrected chi connectivity index (χ0v) is 43.7. The fourth-order valence-corrected chi connectivity index (χ4v) is 10.4. The third kappa shape index (κ3) is 21.2. The Bertz CT molecular complexity index is 1310. The first-order chi connectivity index (χ1) is 30.2. The summed E-state index contributed by atoms with van der Waals surface area (Å²) in [4.78, 5) is 61.3. The van der Waals surface area contributed by atoms with Crippen LogP contribution in [0.1, 0.15) is 249 Å². The van der Waals surface area contributed by atoms with Gasteiger partial charge in [0.2, 0.25) is 0 Å². The molecule has 2 saturated heterocycles. The van der Waals surface area contributed by atoms with E-state index >= 15 is 0 Å². The number of likely N-dealkylation sites (tertiary alicyclic amines) is 2. The molecule has 0 aliphatic carbocycles. The second kappa shape index (κ2) is 29.5. The molecule has 0 aromatic heterocycles. The summed E-state index contributed by atoms with van der Waals surface area (Å²) in [6.07, 6.45) is 27.1. The van der Waals surface area contributed by atoms with Gasteiger partial charge in [-0.1, -0.05) is 142 Å². The van der Waals surface area contributed by atoms with Gasteiger partial charge < -0.3 is 18.9 Å². The smallest absolute Gasteiger partial charge is 0.321 e. The largest absolute Gasteiger partial charge is 0.466 e. The molecule has 0 N–H and O–H groups in total. The minimum atomic E-state index is -1.57. The summed E-state index contributed by atoms with van der Waals surface area (Å²) in [5, 5.41) is 0. The monoisotopic (exact) mass is 905 g/mol. The van der Waals surface area contributed by atoms with Gasteiger partial charge in [0, 0.05) is 54.3 Å². The molecule has 0 spiro atoms. The SMILES string of the molecule is CCCCCCCCCCCCCOC(=O)CCC(C(=O)OC1CC(C)(C)N(C)C(C)(C)C1)C(C(=O)OCCCCCCCCCCCCC)C(=O)OC1CC(C)(C)N(C)C(C)(C)C1. The van der Waals surface area contributed by atoms with Crippen molar-refractivity contribution in [3.8, 4) is 0 Å². The number of hydrogen-bond donors (Lipinski definition) is 0. The summed E-state index contributed by atoms with van der Waals surface area (Å²) in [6, 6.07) is 0. The molecule has 0 aromatic rings. The Morgan fingerprint density at radius 3 is 1.12 bits per heavy atom. The zero-order chi connectivity index (χ0) is 47.8. The highest BCUT2D eigenvalue weighted by Crippen LogP contribution is 2.41. The molecule has 2 aliphatic heterocycles. The van der Waals surface area contributed by atoms with E-state index in [1.54, 1.807) is 0 Å². The first-order valence-electron chi connectivity index (χ1n) is 26.4. The van der Waals surface area contributed by atoms with Crippen molar-refractivity contribution in [3.63, 3.8) is 0 Å². The molecular formula is C54H100N2O8. The van der Waals surface area contributed by atoms with Crippen molar-refractivity contribution in [1.82, 2.24) is 9.80 Å². The summed E-state index contributed by atoms with van der Waals surface area (Å²) >= 11 is 0. The molecular weight excluding hydrogens is 805 g/mol. The second-order valence-corrected chi connectivity index (χ2v) is 22.4. The third-order valence-corrected chi connectivity index (χ3v) is 15.0. The summed E-state index contributed by atoms with van der Waals surface area (Å²) in [5.74, 6) is -5.54. The average molecular weight is 905 g/mol. The second-order valence-electron chi connectivity index (χ2n) is 22.4. The number of carbonyl (C=O) groups excluding carboxylic acids is 4. The van der Waals surface area contributed by atoms with Crippen LogP contribution >= 0.6 is 0 Å². The molecule has 0 bridgehead atoms. The van der Waals surface area contributed by atoms with E-state index < -0.39 is 47.9 Å². The number of carbonyl (C=O) groups is 4. The molecule has 0 aromatic carbocycles. The van der Waals surface area contributed by atoms with Gasteiger partial charge in [-0.25, -0.2) is 0 Å². The van der Waals surface area contributed by atoms with Crippen LogP contribution in [0, 0.1) is 11.8 Å². The van der Waals surface area contributed by atoms with E-state index in [0.717, 1.165) is 38.5 Å². The molecule has 2 fully saturated rings. The van der Waals surface area contributed by atoms with Crippen LogP contribution in [0.25, 0.3) is 0 Å². The summed E-state index contributed by atoms with van der Waals surface area (Å²) in [7, 11) is 4.17. The number of unbranched alkanes of at least 4 members (excludes halogenated alkanes) is 20. The molecule has 2 atom stereocenters. The van der Waals surface area contributed by atoms with Crippen molar-refractivity contribution in [1.29, 1.82) is 0 Å². The van der Waals surface area contributed by atoms with E-state index in [4.69, 9.17) is 18.9 Å². The standard InChI is InChI=1S/C54H100N2O8/c1-13-15-17-19-21-23-25-27-29-31-33-37-61-46(57)36-35-45(48(58)63-43-39-51(3,4)55(11)52(5,6)40-43)47(50(60)64-44-41-53(7,8)56(12)54(9,10)42-44)49(59)62-38-34-32-30-28-26-24-22-20-18-16-14-2/h43-45,47H,13-42H2,1-12H3. The Labute approximate surface area is 393 Å². The topological polar surface area (TPSA) is 112 Å². The lowest BCUT2D eigenvalue weighted by Gasteiger charge is -2.53. The van der Waals surface area contributed by atoms with Crippen LogP contribution < -0.4 is 0 Å². The lowest BCUT2D eigenvalue weighted by Crippen LogP contribution is -2.61. The number of rotatable bonds is 33. The summed E-state index contributed by atoms with van der Waals surface area (Å²) in [5.41, 5.74) is -1.08. The van der Waals surface area contributed by atoms with Crippen molar-refractivity contribution in [2.75, 3.05) is 27.3 Å². The maximum Gasteiger partial charge on any atom is 0.321 e. The Morgan fingerprint density at radius 2 is 0.766 bits per heavy atom. The van der Waals surface area contributed by atoms with Crippen LogP contribution in [0.3, 0.4) is 0 Å².